The van der Waals surface area contributed by atoms with Gasteiger partial charge in [0.2, 0.25) is 0 Å². The van der Waals surface area contributed by atoms with E-state index in [1.807, 2.05) is 48.5 Å². The van der Waals surface area contributed by atoms with Gasteiger partial charge in [0, 0.05) is 16.4 Å². The second kappa shape index (κ2) is 8.53. The second-order valence-corrected chi connectivity index (χ2v) is 6.06. The van der Waals surface area contributed by atoms with Crippen LogP contribution in [0.2, 0.25) is 0 Å². The Kier molecular flexibility index (Phi) is 6.41. The maximum Gasteiger partial charge on any atom is 0.323 e. The van der Waals surface area contributed by atoms with Crippen LogP contribution in [0.15, 0.2) is 53.1 Å². The molecule has 0 radical (unpaired) electrons. The first-order valence-electron chi connectivity index (χ1n) is 7.74. The van der Waals surface area contributed by atoms with Crippen LogP contribution < -0.4 is 10.6 Å². The van der Waals surface area contributed by atoms with Gasteiger partial charge in [-0.1, -0.05) is 60.1 Å². The molecule has 2 aromatic carbocycles. The molecule has 0 unspecified atom stereocenters. The highest BCUT2D eigenvalue weighted by atomic mass is 79.9. The number of urea groups is 1. The zero-order valence-electron chi connectivity index (χ0n) is 13.4. The Morgan fingerprint density at radius 3 is 2.35 bits per heavy atom. The molecule has 0 saturated heterocycles. The fourth-order valence-electron chi connectivity index (χ4n) is 2.38. The van der Waals surface area contributed by atoms with Gasteiger partial charge in [-0.25, -0.2) is 4.79 Å². The van der Waals surface area contributed by atoms with Crippen molar-refractivity contribution in [3.63, 3.8) is 0 Å². The molecule has 4 heteroatoms. The van der Waals surface area contributed by atoms with Crippen molar-refractivity contribution in [3.8, 4) is 0 Å². The molecule has 23 heavy (non-hydrogen) atoms. The molecule has 2 aromatic rings. The number of nitrogens with one attached hydrogen (secondary N) is 2. The summed E-state index contributed by atoms with van der Waals surface area (Å²) >= 11 is 3.43. The van der Waals surface area contributed by atoms with Crippen molar-refractivity contribution in [1.29, 1.82) is 0 Å². The molecule has 0 spiro atoms. The minimum Gasteiger partial charge on any atom is -0.314 e. The third kappa shape index (κ3) is 4.96. The molecular weight excluding hydrogens is 352 g/mol. The third-order valence-corrected chi connectivity index (χ3v) is 4.07. The first-order chi connectivity index (χ1) is 11.1. The van der Waals surface area contributed by atoms with Crippen LogP contribution in [-0.2, 0) is 12.8 Å². The average molecular weight is 373 g/mol. The van der Waals surface area contributed by atoms with Gasteiger partial charge in [0.15, 0.2) is 0 Å². The maximum atomic E-state index is 12.1. The Hall–Kier alpha value is -2.07. The Morgan fingerprint density at radius 1 is 1.09 bits per heavy atom. The third-order valence-electron chi connectivity index (χ3n) is 3.58. The van der Waals surface area contributed by atoms with Crippen molar-refractivity contribution < 1.29 is 4.79 Å². The normalized spacial score (nSPS) is 10.7. The summed E-state index contributed by atoms with van der Waals surface area (Å²) in [6, 6.07) is 13.8. The number of amides is 2. The van der Waals surface area contributed by atoms with Gasteiger partial charge in [-0.05, 0) is 47.7 Å². The van der Waals surface area contributed by atoms with E-state index in [0.29, 0.717) is 0 Å². The topological polar surface area (TPSA) is 41.1 Å². The highest BCUT2D eigenvalue weighted by Gasteiger charge is 2.08. The molecule has 0 aliphatic carbocycles. The number of halogens is 1. The Morgan fingerprint density at radius 2 is 1.74 bits per heavy atom. The van der Waals surface area contributed by atoms with E-state index in [2.05, 4.69) is 40.4 Å². The van der Waals surface area contributed by atoms with Gasteiger partial charge in [0.1, 0.15) is 0 Å². The lowest BCUT2D eigenvalue weighted by Crippen LogP contribution is -2.25. The molecule has 2 amide bonds. The summed E-state index contributed by atoms with van der Waals surface area (Å²) in [5.41, 5.74) is 4.24. The lowest BCUT2D eigenvalue weighted by atomic mass is 10.0. The molecule has 3 nitrogen and oxygen atoms in total. The highest BCUT2D eigenvalue weighted by Crippen LogP contribution is 2.22. The van der Waals surface area contributed by atoms with Crippen LogP contribution in [0.3, 0.4) is 0 Å². The smallest absolute Gasteiger partial charge is 0.314 e. The van der Waals surface area contributed by atoms with Crippen LogP contribution in [0, 0.1) is 0 Å². The molecule has 2 rings (SSSR count). The summed E-state index contributed by atoms with van der Waals surface area (Å²) in [6.07, 6.45) is 5.28. The van der Waals surface area contributed by atoms with Crippen molar-refractivity contribution in [2.45, 2.75) is 26.7 Å². The number of carbonyl (C=O) groups excluding carboxylic acids is 1. The van der Waals surface area contributed by atoms with Crippen molar-refractivity contribution >= 4 is 33.7 Å². The van der Waals surface area contributed by atoms with Crippen LogP contribution in [0.25, 0.3) is 6.08 Å². The first-order valence-corrected chi connectivity index (χ1v) is 8.53. The van der Waals surface area contributed by atoms with E-state index in [0.717, 1.165) is 39.7 Å². The van der Waals surface area contributed by atoms with Crippen LogP contribution >= 0.6 is 15.9 Å². The predicted molar refractivity (Wildman–Crippen MR) is 101 cm³/mol. The van der Waals surface area contributed by atoms with Crippen LogP contribution in [-0.4, -0.2) is 6.03 Å². The second-order valence-electron chi connectivity index (χ2n) is 5.15. The van der Waals surface area contributed by atoms with Crippen LogP contribution in [0.4, 0.5) is 10.5 Å². The summed E-state index contributed by atoms with van der Waals surface area (Å²) in [7, 11) is 0. The van der Waals surface area contributed by atoms with Gasteiger partial charge >= 0.3 is 6.03 Å². The molecule has 0 heterocycles. The van der Waals surface area contributed by atoms with E-state index in [-0.39, 0.29) is 6.03 Å². The van der Waals surface area contributed by atoms with Crippen molar-refractivity contribution in [3.05, 3.63) is 69.8 Å². The molecule has 0 bridgehead atoms. The molecular formula is C19H21BrN2O. The highest BCUT2D eigenvalue weighted by molar-refractivity contribution is 9.10. The Bertz CT molecular complexity index is 688. The number of carbonyl (C=O) groups is 1. The number of aryl methyl sites for hydroxylation is 2. The average Bonchev–Trinajstić information content (AvgIpc) is 2.55. The molecule has 2 N–H and O–H groups in total. The molecule has 0 saturated carbocycles. The van der Waals surface area contributed by atoms with E-state index in [4.69, 9.17) is 0 Å². The van der Waals surface area contributed by atoms with Crippen LogP contribution in [0.1, 0.15) is 30.5 Å². The zero-order chi connectivity index (χ0) is 16.7. The largest absolute Gasteiger partial charge is 0.323 e. The molecule has 0 atom stereocenters. The Balaban J connectivity index is 2.03. The number of benzene rings is 2. The maximum absolute atomic E-state index is 12.1. The number of anilines is 1. The number of para-hydroxylation sites is 1. The van der Waals surface area contributed by atoms with Gasteiger partial charge < -0.3 is 10.6 Å². The lowest BCUT2D eigenvalue weighted by molar-refractivity contribution is 0.255. The molecule has 120 valence electrons. The quantitative estimate of drug-likeness (QED) is 0.727. The minimum absolute atomic E-state index is 0.230. The van der Waals surface area contributed by atoms with Gasteiger partial charge in [-0.2, -0.15) is 0 Å². The summed E-state index contributed by atoms with van der Waals surface area (Å²) < 4.78 is 1.01. The molecule has 0 aliphatic heterocycles. The molecule has 0 aliphatic rings. The zero-order valence-corrected chi connectivity index (χ0v) is 15.0. The minimum atomic E-state index is -0.230. The number of hydrogen-bond acceptors (Lipinski definition) is 1. The van der Waals surface area contributed by atoms with Crippen molar-refractivity contribution in [2.24, 2.45) is 0 Å². The fraction of sp³-hybridized carbons (Fsp3) is 0.211. The summed E-state index contributed by atoms with van der Waals surface area (Å²) in [5.74, 6) is 0. The summed E-state index contributed by atoms with van der Waals surface area (Å²) in [4.78, 5) is 12.1. The molecule has 0 fully saturated rings. The first kappa shape index (κ1) is 17.3. The van der Waals surface area contributed by atoms with Gasteiger partial charge in [0.25, 0.3) is 0 Å². The van der Waals surface area contributed by atoms with Gasteiger partial charge in [-0.15, -0.1) is 0 Å². The number of hydrogen-bond donors (Lipinski definition) is 2. The Labute approximate surface area is 145 Å². The number of rotatable bonds is 5. The van der Waals surface area contributed by atoms with Crippen LogP contribution in [0.5, 0.6) is 0 Å². The standard InChI is InChI=1S/C19H21BrN2O/c1-3-15-8-6-9-16(4-2)18(15)22-19(23)21-12-11-14-7-5-10-17(20)13-14/h5-13H,3-4H2,1-2H3,(H2,21,22,23)/b12-11+. The summed E-state index contributed by atoms with van der Waals surface area (Å²) in [6.45, 7) is 4.18. The molecule has 0 aromatic heterocycles. The van der Waals surface area contributed by atoms with Crippen molar-refractivity contribution in [1.82, 2.24) is 5.32 Å². The van der Waals surface area contributed by atoms with E-state index in [1.54, 1.807) is 6.20 Å². The van der Waals surface area contributed by atoms with Gasteiger partial charge in [0.05, 0.1) is 0 Å². The predicted octanol–water partition coefficient (Wildman–Crippen LogP) is 5.37. The van der Waals surface area contributed by atoms with E-state index in [1.165, 1.54) is 0 Å². The fourth-order valence-corrected chi connectivity index (χ4v) is 2.79. The van der Waals surface area contributed by atoms with E-state index in [9.17, 15) is 4.79 Å². The van der Waals surface area contributed by atoms with E-state index >= 15 is 0 Å². The van der Waals surface area contributed by atoms with Crippen molar-refractivity contribution in [2.75, 3.05) is 5.32 Å². The van der Waals surface area contributed by atoms with Gasteiger partial charge in [-0.3, -0.25) is 0 Å². The lowest BCUT2D eigenvalue weighted by Gasteiger charge is -2.14. The summed E-state index contributed by atoms with van der Waals surface area (Å²) in [5, 5.41) is 5.72. The SMILES string of the molecule is CCc1cccc(CC)c1NC(=O)N/C=C/c1cccc(Br)c1. The monoisotopic (exact) mass is 372 g/mol. The van der Waals surface area contributed by atoms with E-state index < -0.39 is 0 Å².